The first-order chi connectivity index (χ1) is 6.10. The van der Waals surface area contributed by atoms with E-state index >= 15 is 0 Å². The molecule has 0 bridgehead atoms. The van der Waals surface area contributed by atoms with Crippen LogP contribution < -0.4 is 0 Å². The molecule has 0 spiro atoms. The third-order valence-corrected chi connectivity index (χ3v) is 3.69. The van der Waals surface area contributed by atoms with Crippen LogP contribution >= 0.6 is 0 Å². The highest BCUT2D eigenvalue weighted by molar-refractivity contribution is 7.92. The maximum atomic E-state index is 12.6. The van der Waals surface area contributed by atoms with Crippen molar-refractivity contribution in [2.75, 3.05) is 0 Å². The van der Waals surface area contributed by atoms with Crippen LogP contribution in [0.1, 0.15) is 0 Å². The van der Waals surface area contributed by atoms with Crippen molar-refractivity contribution in [2.24, 2.45) is 5.92 Å². The van der Waals surface area contributed by atoms with Gasteiger partial charge in [-0.2, -0.15) is 13.2 Å². The van der Waals surface area contributed by atoms with E-state index in [-0.39, 0.29) is 0 Å². The largest absolute Gasteiger partial charge is 0.398 e. The van der Waals surface area contributed by atoms with Gasteiger partial charge in [0, 0.05) is 0 Å². The fraction of sp³-hybridized carbons (Fsp3) is 1.00. The minimum Gasteiger partial charge on any atom is -0.242 e. The number of halogens is 6. The Balaban J connectivity index is 3.15. The summed E-state index contributed by atoms with van der Waals surface area (Å²) in [7, 11) is -5.31. The van der Waals surface area contributed by atoms with E-state index in [1.165, 1.54) is 0 Å². The first-order valence-corrected chi connectivity index (χ1v) is 4.92. The Morgan fingerprint density at radius 3 is 1.50 bits per heavy atom. The highest BCUT2D eigenvalue weighted by Crippen LogP contribution is 2.45. The van der Waals surface area contributed by atoms with Crippen molar-refractivity contribution >= 4 is 9.84 Å². The SMILES string of the molecule is O=S1(=O)C(F)C(F)C(C(F)(F)F)C1F. The Labute approximate surface area is 74.8 Å². The van der Waals surface area contributed by atoms with Crippen LogP contribution in [0.3, 0.4) is 0 Å². The molecule has 0 aromatic rings. The standard InChI is InChI=1S/C5H4F6O2S/c6-2-1(5(9,10)11)3(7)14(12,13)4(2)8/h1-4H. The second-order valence-corrected chi connectivity index (χ2v) is 4.88. The van der Waals surface area contributed by atoms with Crippen molar-refractivity contribution in [3.05, 3.63) is 0 Å². The first kappa shape index (κ1) is 11.6. The zero-order valence-corrected chi connectivity index (χ0v) is 7.12. The number of rotatable bonds is 0. The predicted octanol–water partition coefficient (Wildman–Crippen LogP) is 1.52. The normalized spacial score (nSPS) is 42.7. The van der Waals surface area contributed by atoms with Gasteiger partial charge in [-0.3, -0.25) is 0 Å². The van der Waals surface area contributed by atoms with E-state index in [1.807, 2.05) is 0 Å². The molecule has 0 aliphatic carbocycles. The van der Waals surface area contributed by atoms with Gasteiger partial charge in [-0.25, -0.2) is 21.6 Å². The van der Waals surface area contributed by atoms with Gasteiger partial charge in [0.05, 0.1) is 0 Å². The minimum atomic E-state index is -5.41. The lowest BCUT2D eigenvalue weighted by Crippen LogP contribution is -2.35. The van der Waals surface area contributed by atoms with Gasteiger partial charge in [0.15, 0.2) is 6.17 Å². The molecule has 14 heavy (non-hydrogen) atoms. The Bertz CT molecular complexity index is 322. The van der Waals surface area contributed by atoms with E-state index in [0.29, 0.717) is 0 Å². The van der Waals surface area contributed by atoms with E-state index in [0.717, 1.165) is 0 Å². The zero-order chi connectivity index (χ0) is 11.3. The molecular formula is C5H4F6O2S. The van der Waals surface area contributed by atoms with Gasteiger partial charge < -0.3 is 0 Å². The molecule has 0 radical (unpaired) electrons. The summed E-state index contributed by atoms with van der Waals surface area (Å²) < 4.78 is 94.0. The van der Waals surface area contributed by atoms with E-state index in [9.17, 15) is 34.8 Å². The molecule has 1 aliphatic rings. The van der Waals surface area contributed by atoms with E-state index in [1.54, 1.807) is 0 Å². The smallest absolute Gasteiger partial charge is 0.242 e. The summed E-state index contributed by atoms with van der Waals surface area (Å²) >= 11 is 0. The first-order valence-electron chi connectivity index (χ1n) is 3.32. The van der Waals surface area contributed by atoms with E-state index in [2.05, 4.69) is 0 Å². The highest BCUT2D eigenvalue weighted by Gasteiger charge is 2.66. The number of hydrogen-bond acceptors (Lipinski definition) is 2. The summed E-state index contributed by atoms with van der Waals surface area (Å²) in [6, 6.07) is 0. The van der Waals surface area contributed by atoms with Crippen molar-refractivity contribution in [3.8, 4) is 0 Å². The van der Waals surface area contributed by atoms with Crippen LogP contribution in [0.2, 0.25) is 0 Å². The predicted molar refractivity (Wildman–Crippen MR) is 33.2 cm³/mol. The molecule has 0 N–H and O–H groups in total. The lowest BCUT2D eigenvalue weighted by atomic mass is 10.1. The Morgan fingerprint density at radius 1 is 0.929 bits per heavy atom. The molecule has 2 nitrogen and oxygen atoms in total. The lowest BCUT2D eigenvalue weighted by Gasteiger charge is -2.16. The molecule has 0 amide bonds. The maximum Gasteiger partial charge on any atom is 0.398 e. The van der Waals surface area contributed by atoms with Crippen molar-refractivity contribution in [1.82, 2.24) is 0 Å². The molecule has 84 valence electrons. The van der Waals surface area contributed by atoms with Crippen LogP contribution in [-0.2, 0) is 9.84 Å². The number of alkyl halides is 6. The summed E-state index contributed by atoms with van der Waals surface area (Å²) in [6.45, 7) is 0. The van der Waals surface area contributed by atoms with Gasteiger partial charge in [-0.15, -0.1) is 0 Å². The van der Waals surface area contributed by atoms with Crippen LogP contribution in [0, 0.1) is 5.92 Å². The molecule has 0 aromatic heterocycles. The van der Waals surface area contributed by atoms with Gasteiger partial charge in [0.2, 0.25) is 20.8 Å². The third-order valence-electron chi connectivity index (χ3n) is 1.88. The Kier molecular flexibility index (Phi) is 2.49. The highest BCUT2D eigenvalue weighted by atomic mass is 32.2. The lowest BCUT2D eigenvalue weighted by molar-refractivity contribution is -0.197. The topological polar surface area (TPSA) is 34.1 Å². The molecule has 1 heterocycles. The summed E-state index contributed by atoms with van der Waals surface area (Å²) in [4.78, 5) is 0. The fourth-order valence-corrected chi connectivity index (χ4v) is 2.64. The molecule has 1 rings (SSSR count). The average molecular weight is 242 g/mol. The van der Waals surface area contributed by atoms with Crippen molar-refractivity contribution < 1.29 is 34.8 Å². The van der Waals surface area contributed by atoms with Crippen LogP contribution in [0.4, 0.5) is 26.3 Å². The Hall–Kier alpha value is -0.470. The molecule has 1 aliphatic heterocycles. The van der Waals surface area contributed by atoms with Gasteiger partial charge in [-0.1, -0.05) is 0 Å². The average Bonchev–Trinajstić information content (AvgIpc) is 2.12. The van der Waals surface area contributed by atoms with Gasteiger partial charge >= 0.3 is 6.18 Å². The molecule has 4 unspecified atom stereocenters. The second kappa shape index (κ2) is 3.01. The summed E-state index contributed by atoms with van der Waals surface area (Å²) in [5.41, 5.74) is -7.00. The van der Waals surface area contributed by atoms with Gasteiger partial charge in [0.25, 0.3) is 0 Å². The molecule has 1 fully saturated rings. The van der Waals surface area contributed by atoms with Crippen LogP contribution in [0.5, 0.6) is 0 Å². The molecule has 4 atom stereocenters. The van der Waals surface area contributed by atoms with Crippen LogP contribution in [0.25, 0.3) is 0 Å². The molecule has 1 saturated heterocycles. The number of hydrogen-bond donors (Lipinski definition) is 0. The summed E-state index contributed by atoms with van der Waals surface area (Å²) in [6.07, 6.45) is -8.80. The van der Waals surface area contributed by atoms with Crippen molar-refractivity contribution in [1.29, 1.82) is 0 Å². The van der Waals surface area contributed by atoms with Crippen molar-refractivity contribution in [2.45, 2.75) is 23.4 Å². The monoisotopic (exact) mass is 242 g/mol. The fourth-order valence-electron chi connectivity index (χ4n) is 1.15. The maximum absolute atomic E-state index is 12.6. The quantitative estimate of drug-likeness (QED) is 0.603. The number of sulfone groups is 1. The third kappa shape index (κ3) is 1.47. The molecule has 0 saturated carbocycles. The van der Waals surface area contributed by atoms with E-state index in [4.69, 9.17) is 0 Å². The zero-order valence-electron chi connectivity index (χ0n) is 6.30. The van der Waals surface area contributed by atoms with Gasteiger partial charge in [0.1, 0.15) is 5.92 Å². The summed E-state index contributed by atoms with van der Waals surface area (Å²) in [5, 5.41) is 0. The van der Waals surface area contributed by atoms with E-state index < -0.39 is 39.1 Å². The van der Waals surface area contributed by atoms with Crippen LogP contribution in [0.15, 0.2) is 0 Å². The molecule has 0 aromatic carbocycles. The minimum absolute atomic E-state index is 3.39. The van der Waals surface area contributed by atoms with Crippen LogP contribution in [-0.4, -0.2) is 31.8 Å². The molecular weight excluding hydrogens is 238 g/mol. The second-order valence-electron chi connectivity index (χ2n) is 2.80. The van der Waals surface area contributed by atoms with Gasteiger partial charge in [-0.05, 0) is 0 Å². The molecule has 9 heteroatoms. The summed E-state index contributed by atoms with van der Waals surface area (Å²) in [5.74, 6) is -3.43. The van der Waals surface area contributed by atoms with Crippen molar-refractivity contribution in [3.63, 3.8) is 0 Å². The Morgan fingerprint density at radius 2 is 1.36 bits per heavy atom.